The third kappa shape index (κ3) is 4.49. The van der Waals surface area contributed by atoms with Crippen LogP contribution in [-0.4, -0.2) is 49.0 Å². The molecule has 0 radical (unpaired) electrons. The van der Waals surface area contributed by atoms with Gasteiger partial charge >= 0.3 is 0 Å². The number of unbranched alkanes of at least 4 members (excludes halogenated alkanes) is 1. The Morgan fingerprint density at radius 2 is 2.27 bits per heavy atom. The fourth-order valence-corrected chi connectivity index (χ4v) is 2.03. The number of likely N-dealkylation sites (N-methyl/N-ethyl adjacent to an activating group) is 1. The first-order valence-electron chi connectivity index (χ1n) is 6.26. The summed E-state index contributed by atoms with van der Waals surface area (Å²) in [6.07, 6.45) is 3.26. The highest BCUT2D eigenvalue weighted by Gasteiger charge is 2.25. The molecule has 0 amide bonds. The monoisotopic (exact) mass is 215 g/mol. The van der Waals surface area contributed by atoms with E-state index in [2.05, 4.69) is 18.7 Å². The molecule has 0 aliphatic carbocycles. The van der Waals surface area contributed by atoms with Crippen molar-refractivity contribution in [1.29, 1.82) is 0 Å². The second kappa shape index (κ2) is 7.20. The maximum Gasteiger partial charge on any atom is 0.0718 e. The van der Waals surface area contributed by atoms with Gasteiger partial charge in [-0.05, 0) is 25.9 Å². The minimum absolute atomic E-state index is 0.204. The highest BCUT2D eigenvalue weighted by atomic mass is 16.5. The van der Waals surface area contributed by atoms with Crippen molar-refractivity contribution in [3.63, 3.8) is 0 Å². The summed E-state index contributed by atoms with van der Waals surface area (Å²) in [5.74, 6) is 0.362. The van der Waals surface area contributed by atoms with Crippen LogP contribution in [-0.2, 0) is 4.74 Å². The first-order chi connectivity index (χ1) is 7.27. The van der Waals surface area contributed by atoms with E-state index in [-0.39, 0.29) is 6.10 Å². The Labute approximate surface area is 93.4 Å². The Bertz CT molecular complexity index is 158. The lowest BCUT2D eigenvalue weighted by atomic mass is 10.0. The molecule has 0 aromatic carbocycles. The summed E-state index contributed by atoms with van der Waals surface area (Å²) in [5.41, 5.74) is 0. The molecule has 0 saturated carbocycles. The molecule has 1 aliphatic heterocycles. The second-order valence-corrected chi connectivity index (χ2v) is 4.44. The van der Waals surface area contributed by atoms with Crippen molar-refractivity contribution in [2.45, 2.75) is 39.2 Å². The van der Waals surface area contributed by atoms with Gasteiger partial charge in [0, 0.05) is 19.1 Å². The molecule has 1 fully saturated rings. The molecular formula is C12H25NO2. The highest BCUT2D eigenvalue weighted by Crippen LogP contribution is 2.17. The molecule has 1 rings (SSSR count). The van der Waals surface area contributed by atoms with Crippen molar-refractivity contribution in [1.82, 2.24) is 4.90 Å². The van der Waals surface area contributed by atoms with Gasteiger partial charge in [-0.15, -0.1) is 0 Å². The van der Waals surface area contributed by atoms with Crippen LogP contribution in [0.1, 0.15) is 33.1 Å². The van der Waals surface area contributed by atoms with Crippen molar-refractivity contribution in [2.75, 3.05) is 32.8 Å². The number of hydrogen-bond acceptors (Lipinski definition) is 3. The average Bonchev–Trinajstić information content (AvgIpc) is 2.77. The van der Waals surface area contributed by atoms with E-state index in [0.29, 0.717) is 5.92 Å². The summed E-state index contributed by atoms with van der Waals surface area (Å²) in [4.78, 5) is 2.34. The Morgan fingerprint density at radius 3 is 2.80 bits per heavy atom. The lowest BCUT2D eigenvalue weighted by Gasteiger charge is -2.25. The van der Waals surface area contributed by atoms with Crippen LogP contribution in [0, 0.1) is 5.92 Å². The normalized spacial score (nSPS) is 23.6. The number of ether oxygens (including phenoxy) is 1. The third-order valence-electron chi connectivity index (χ3n) is 3.23. The molecule has 2 atom stereocenters. The first-order valence-corrected chi connectivity index (χ1v) is 6.26. The fraction of sp³-hybridized carbons (Fsp3) is 1.00. The fourth-order valence-electron chi connectivity index (χ4n) is 2.03. The number of aliphatic hydroxyl groups is 1. The highest BCUT2D eigenvalue weighted by molar-refractivity contribution is 4.75. The van der Waals surface area contributed by atoms with Gasteiger partial charge in [0.25, 0.3) is 0 Å². The van der Waals surface area contributed by atoms with Crippen molar-refractivity contribution in [3.8, 4) is 0 Å². The van der Waals surface area contributed by atoms with Gasteiger partial charge < -0.3 is 14.7 Å². The van der Waals surface area contributed by atoms with Crippen LogP contribution >= 0.6 is 0 Å². The average molecular weight is 215 g/mol. The van der Waals surface area contributed by atoms with Crippen LogP contribution in [0.2, 0.25) is 0 Å². The zero-order valence-electron chi connectivity index (χ0n) is 10.1. The third-order valence-corrected chi connectivity index (χ3v) is 3.23. The minimum atomic E-state index is -0.204. The predicted octanol–water partition coefficient (Wildman–Crippen LogP) is 1.51. The molecule has 0 bridgehead atoms. The molecule has 1 N–H and O–H groups in total. The van der Waals surface area contributed by atoms with E-state index in [9.17, 15) is 5.11 Å². The molecular weight excluding hydrogens is 190 g/mol. The smallest absolute Gasteiger partial charge is 0.0718 e. The van der Waals surface area contributed by atoms with Gasteiger partial charge in [-0.1, -0.05) is 20.3 Å². The summed E-state index contributed by atoms with van der Waals surface area (Å²) in [6, 6.07) is 0. The zero-order valence-corrected chi connectivity index (χ0v) is 10.1. The number of rotatable bonds is 7. The van der Waals surface area contributed by atoms with Crippen molar-refractivity contribution < 1.29 is 9.84 Å². The van der Waals surface area contributed by atoms with E-state index in [1.54, 1.807) is 0 Å². The zero-order chi connectivity index (χ0) is 11.1. The van der Waals surface area contributed by atoms with E-state index >= 15 is 0 Å². The number of hydrogen-bond donors (Lipinski definition) is 1. The van der Waals surface area contributed by atoms with Crippen molar-refractivity contribution in [3.05, 3.63) is 0 Å². The number of aliphatic hydroxyl groups excluding tert-OH is 1. The van der Waals surface area contributed by atoms with Gasteiger partial charge in [-0.3, -0.25) is 0 Å². The molecule has 2 unspecified atom stereocenters. The minimum Gasteiger partial charge on any atom is -0.391 e. The van der Waals surface area contributed by atoms with Gasteiger partial charge in [-0.25, -0.2) is 0 Å². The lowest BCUT2D eigenvalue weighted by molar-refractivity contribution is 0.0570. The second-order valence-electron chi connectivity index (χ2n) is 4.44. The van der Waals surface area contributed by atoms with E-state index in [0.717, 1.165) is 39.3 Å². The lowest BCUT2D eigenvalue weighted by Crippen LogP contribution is -2.37. The molecule has 1 aliphatic rings. The van der Waals surface area contributed by atoms with Crippen LogP contribution in [0.5, 0.6) is 0 Å². The summed E-state index contributed by atoms with van der Waals surface area (Å²) in [7, 11) is 0. The van der Waals surface area contributed by atoms with Crippen molar-refractivity contribution >= 4 is 0 Å². The molecule has 0 spiro atoms. The maximum absolute atomic E-state index is 10.0. The van der Waals surface area contributed by atoms with Crippen LogP contribution in [0.15, 0.2) is 0 Å². The van der Waals surface area contributed by atoms with Crippen LogP contribution in [0.25, 0.3) is 0 Å². The van der Waals surface area contributed by atoms with Gasteiger partial charge in [0.05, 0.1) is 12.7 Å². The SMILES string of the molecule is CCCCN(CC)CC(O)C1CCOC1. The summed E-state index contributed by atoms with van der Waals surface area (Å²) in [5, 5.41) is 10.0. The summed E-state index contributed by atoms with van der Waals surface area (Å²) in [6.45, 7) is 8.88. The van der Waals surface area contributed by atoms with E-state index in [4.69, 9.17) is 4.74 Å². The standard InChI is InChI=1S/C12H25NO2/c1-3-5-7-13(4-2)9-12(14)11-6-8-15-10-11/h11-12,14H,3-10H2,1-2H3. The van der Waals surface area contributed by atoms with E-state index < -0.39 is 0 Å². The molecule has 0 aromatic heterocycles. The predicted molar refractivity (Wildman–Crippen MR) is 62.0 cm³/mol. The summed E-state index contributed by atoms with van der Waals surface area (Å²) >= 11 is 0. The Hall–Kier alpha value is -0.120. The molecule has 90 valence electrons. The van der Waals surface area contributed by atoms with Gasteiger partial charge in [0.1, 0.15) is 0 Å². The van der Waals surface area contributed by atoms with Gasteiger partial charge in [-0.2, -0.15) is 0 Å². The molecule has 15 heavy (non-hydrogen) atoms. The molecule has 1 saturated heterocycles. The molecule has 3 nitrogen and oxygen atoms in total. The summed E-state index contributed by atoms with van der Waals surface area (Å²) < 4.78 is 5.30. The molecule has 0 aromatic rings. The topological polar surface area (TPSA) is 32.7 Å². The molecule has 3 heteroatoms. The van der Waals surface area contributed by atoms with E-state index in [1.807, 2.05) is 0 Å². The maximum atomic E-state index is 10.0. The van der Waals surface area contributed by atoms with E-state index in [1.165, 1.54) is 12.8 Å². The Kier molecular flexibility index (Phi) is 6.22. The van der Waals surface area contributed by atoms with Gasteiger partial charge in [0.15, 0.2) is 0 Å². The number of nitrogens with zero attached hydrogens (tertiary/aromatic N) is 1. The van der Waals surface area contributed by atoms with Gasteiger partial charge in [0.2, 0.25) is 0 Å². The van der Waals surface area contributed by atoms with Crippen LogP contribution < -0.4 is 0 Å². The Balaban J connectivity index is 2.23. The quantitative estimate of drug-likeness (QED) is 0.698. The first kappa shape index (κ1) is 12.9. The van der Waals surface area contributed by atoms with Crippen LogP contribution in [0.4, 0.5) is 0 Å². The van der Waals surface area contributed by atoms with Crippen molar-refractivity contribution in [2.24, 2.45) is 5.92 Å². The molecule has 1 heterocycles. The van der Waals surface area contributed by atoms with Crippen LogP contribution in [0.3, 0.4) is 0 Å². The Morgan fingerprint density at radius 1 is 1.47 bits per heavy atom. The largest absolute Gasteiger partial charge is 0.391 e.